The lowest BCUT2D eigenvalue weighted by molar-refractivity contribution is -0.133. The van der Waals surface area contributed by atoms with Gasteiger partial charge >= 0.3 is 0 Å². The van der Waals surface area contributed by atoms with E-state index in [9.17, 15) is 9.18 Å². The van der Waals surface area contributed by atoms with E-state index in [1.54, 1.807) is 18.5 Å². The van der Waals surface area contributed by atoms with Crippen molar-refractivity contribution in [1.29, 1.82) is 0 Å². The summed E-state index contributed by atoms with van der Waals surface area (Å²) >= 11 is 5.94. The van der Waals surface area contributed by atoms with E-state index in [-0.39, 0.29) is 22.5 Å². The van der Waals surface area contributed by atoms with Crippen molar-refractivity contribution in [3.05, 3.63) is 52.2 Å². The largest absolute Gasteiger partial charge is 0.353 e. The number of carbonyl (C=O) groups is 1. The molecule has 6 nitrogen and oxygen atoms in total. The van der Waals surface area contributed by atoms with Gasteiger partial charge in [0.25, 0.3) is 0 Å². The highest BCUT2D eigenvalue weighted by atomic mass is 35.5. The number of nitrogens with zero attached hydrogens (tertiary/aromatic N) is 4. The van der Waals surface area contributed by atoms with E-state index in [0.717, 1.165) is 50.3 Å². The first-order valence-corrected chi connectivity index (χ1v) is 12.7. The van der Waals surface area contributed by atoms with Gasteiger partial charge in [-0.05, 0) is 63.1 Å². The summed E-state index contributed by atoms with van der Waals surface area (Å²) in [6.07, 6.45) is 5.64. The number of aryl methyl sites for hydroxylation is 1. The quantitative estimate of drug-likeness (QED) is 0.700. The predicted octanol–water partition coefficient (Wildman–Crippen LogP) is 4.28. The van der Waals surface area contributed by atoms with Crippen molar-refractivity contribution in [1.82, 2.24) is 20.2 Å². The lowest BCUT2D eigenvalue weighted by Gasteiger charge is -2.39. The molecule has 1 N–H and O–H groups in total. The average Bonchev–Trinajstić information content (AvgIpc) is 3.38. The van der Waals surface area contributed by atoms with Crippen LogP contribution in [-0.4, -0.2) is 58.5 Å². The molecule has 0 bridgehead atoms. The number of halogens is 2. The van der Waals surface area contributed by atoms with Crippen molar-refractivity contribution in [3.63, 3.8) is 0 Å². The van der Waals surface area contributed by atoms with Crippen LogP contribution in [-0.2, 0) is 11.2 Å². The number of hydrogen-bond donors (Lipinski definition) is 1. The highest BCUT2D eigenvalue weighted by molar-refractivity contribution is 6.30. The van der Waals surface area contributed by atoms with E-state index in [2.05, 4.69) is 41.0 Å². The Morgan fingerprint density at radius 2 is 1.97 bits per heavy atom. The third-order valence-electron chi connectivity index (χ3n) is 7.77. The molecule has 34 heavy (non-hydrogen) atoms. The first-order valence-electron chi connectivity index (χ1n) is 12.3. The normalized spacial score (nSPS) is 24.9. The molecule has 0 spiro atoms. The van der Waals surface area contributed by atoms with Gasteiger partial charge in [0.15, 0.2) is 0 Å². The Morgan fingerprint density at radius 3 is 2.65 bits per heavy atom. The van der Waals surface area contributed by atoms with E-state index < -0.39 is 11.7 Å². The van der Waals surface area contributed by atoms with E-state index in [1.165, 1.54) is 11.6 Å². The Kier molecular flexibility index (Phi) is 6.27. The number of anilines is 1. The molecule has 3 aliphatic rings. The van der Waals surface area contributed by atoms with Crippen LogP contribution in [0.4, 0.5) is 10.2 Å². The molecule has 1 aromatic heterocycles. The highest BCUT2D eigenvalue weighted by Crippen LogP contribution is 2.38. The van der Waals surface area contributed by atoms with Crippen LogP contribution < -0.4 is 10.2 Å². The van der Waals surface area contributed by atoms with Gasteiger partial charge in [-0.3, -0.25) is 4.79 Å². The summed E-state index contributed by atoms with van der Waals surface area (Å²) in [7, 11) is 0. The molecule has 2 saturated heterocycles. The molecule has 3 heterocycles. The van der Waals surface area contributed by atoms with Gasteiger partial charge in [-0.25, -0.2) is 14.4 Å². The maximum absolute atomic E-state index is 14.4. The van der Waals surface area contributed by atoms with Crippen LogP contribution in [0.1, 0.15) is 68.7 Å². The molecule has 0 radical (unpaired) electrons. The summed E-state index contributed by atoms with van der Waals surface area (Å²) in [4.78, 5) is 27.2. The maximum atomic E-state index is 14.4. The Labute approximate surface area is 205 Å². The monoisotopic (exact) mass is 485 g/mol. The lowest BCUT2D eigenvalue weighted by Crippen LogP contribution is -2.53. The number of piperazine rings is 1. The molecule has 182 valence electrons. The number of carbonyl (C=O) groups excluding carboxylic acids is 1. The Bertz CT molecular complexity index is 1080. The zero-order valence-electron chi connectivity index (χ0n) is 20.2. The van der Waals surface area contributed by atoms with Gasteiger partial charge in [0.05, 0.1) is 10.9 Å². The second-order valence-corrected chi connectivity index (χ2v) is 11.0. The number of aromatic nitrogens is 2. The SMILES string of the molecule is C[C@@H]1CCc2ncnc(N3CCN(C(=O)[C@@H](c4ccc(Cl)c(F)c4)[C@@H]4CCC(C)(C)N4)CC3)c21. The van der Waals surface area contributed by atoms with Crippen molar-refractivity contribution in [3.8, 4) is 0 Å². The molecular weight excluding hydrogens is 453 g/mol. The van der Waals surface area contributed by atoms with Crippen LogP contribution in [0.2, 0.25) is 5.02 Å². The predicted molar refractivity (Wildman–Crippen MR) is 132 cm³/mol. The number of rotatable bonds is 4. The number of fused-ring (bicyclic) bond motifs is 1. The number of hydrogen-bond acceptors (Lipinski definition) is 5. The summed E-state index contributed by atoms with van der Waals surface area (Å²) in [6.45, 7) is 9.24. The average molecular weight is 486 g/mol. The van der Waals surface area contributed by atoms with Crippen LogP contribution in [0.15, 0.2) is 24.5 Å². The van der Waals surface area contributed by atoms with E-state index in [0.29, 0.717) is 24.6 Å². The zero-order chi connectivity index (χ0) is 24.0. The Morgan fingerprint density at radius 1 is 1.21 bits per heavy atom. The van der Waals surface area contributed by atoms with Crippen LogP contribution in [0, 0.1) is 5.82 Å². The van der Waals surface area contributed by atoms with Crippen LogP contribution in [0.3, 0.4) is 0 Å². The molecule has 0 saturated carbocycles. The van der Waals surface area contributed by atoms with Gasteiger partial charge in [-0.1, -0.05) is 24.6 Å². The number of benzene rings is 1. The summed E-state index contributed by atoms with van der Waals surface area (Å²) in [5, 5.41) is 3.70. The van der Waals surface area contributed by atoms with Gasteiger partial charge < -0.3 is 15.1 Å². The molecule has 1 aliphatic carbocycles. The van der Waals surface area contributed by atoms with E-state index >= 15 is 0 Å². The fourth-order valence-electron chi connectivity index (χ4n) is 5.88. The molecule has 2 fully saturated rings. The van der Waals surface area contributed by atoms with Gasteiger partial charge in [0.1, 0.15) is 18.0 Å². The van der Waals surface area contributed by atoms with Gasteiger partial charge in [0, 0.05) is 49.0 Å². The summed E-state index contributed by atoms with van der Waals surface area (Å²) in [5.74, 6) is 0.622. The van der Waals surface area contributed by atoms with Crippen LogP contribution in [0.25, 0.3) is 0 Å². The van der Waals surface area contributed by atoms with Crippen molar-refractivity contribution in [2.75, 3.05) is 31.1 Å². The number of amides is 1. The summed E-state index contributed by atoms with van der Waals surface area (Å²) in [6, 6.07) is 4.75. The third-order valence-corrected chi connectivity index (χ3v) is 8.08. The Balaban J connectivity index is 1.35. The van der Waals surface area contributed by atoms with E-state index in [4.69, 9.17) is 11.6 Å². The molecule has 8 heteroatoms. The first-order chi connectivity index (χ1) is 16.2. The molecule has 5 rings (SSSR count). The molecule has 0 unspecified atom stereocenters. The molecular formula is C26H33ClFN5O. The summed E-state index contributed by atoms with van der Waals surface area (Å²) < 4.78 is 14.4. The molecule has 1 aromatic carbocycles. The fraction of sp³-hybridized carbons (Fsp3) is 0.577. The third kappa shape index (κ3) is 4.40. The van der Waals surface area contributed by atoms with Gasteiger partial charge in [0.2, 0.25) is 5.91 Å². The molecule has 2 aromatic rings. The van der Waals surface area contributed by atoms with Gasteiger partial charge in [-0.15, -0.1) is 0 Å². The second-order valence-electron chi connectivity index (χ2n) is 10.6. The van der Waals surface area contributed by atoms with E-state index in [1.807, 2.05) is 4.90 Å². The first kappa shape index (κ1) is 23.5. The molecule has 2 aliphatic heterocycles. The van der Waals surface area contributed by atoms with Gasteiger partial charge in [-0.2, -0.15) is 0 Å². The minimum Gasteiger partial charge on any atom is -0.353 e. The smallest absolute Gasteiger partial charge is 0.231 e. The highest BCUT2D eigenvalue weighted by Gasteiger charge is 2.41. The van der Waals surface area contributed by atoms with Crippen LogP contribution >= 0.6 is 11.6 Å². The number of nitrogens with one attached hydrogen (secondary N) is 1. The fourth-order valence-corrected chi connectivity index (χ4v) is 5.99. The maximum Gasteiger partial charge on any atom is 0.231 e. The molecule has 3 atom stereocenters. The minimum atomic E-state index is -0.481. The van der Waals surface area contributed by atoms with Crippen molar-refractivity contribution in [2.45, 2.75) is 69.9 Å². The second kappa shape index (κ2) is 9.08. The Hall–Kier alpha value is -2.25. The topological polar surface area (TPSA) is 61.4 Å². The minimum absolute atomic E-state index is 0.0351. The van der Waals surface area contributed by atoms with Crippen molar-refractivity contribution < 1.29 is 9.18 Å². The molecule has 1 amide bonds. The van der Waals surface area contributed by atoms with Crippen LogP contribution in [0.5, 0.6) is 0 Å². The summed E-state index contributed by atoms with van der Waals surface area (Å²) in [5.41, 5.74) is 3.08. The lowest BCUT2D eigenvalue weighted by atomic mass is 9.88. The standard InChI is InChI=1S/C26H33ClFN5O/c1-16-4-7-20-22(16)24(30-15-29-20)32-10-12-33(13-11-32)25(34)23(21-8-9-26(2,3)31-21)17-5-6-18(27)19(28)14-17/h5-6,14-16,21,23,31H,4,7-13H2,1-3H3/t16-,21+,23+/m1/s1. The zero-order valence-corrected chi connectivity index (χ0v) is 20.9. The van der Waals surface area contributed by atoms with Crippen molar-refractivity contribution in [2.24, 2.45) is 0 Å². The van der Waals surface area contributed by atoms with Crippen molar-refractivity contribution >= 4 is 23.3 Å².